The highest BCUT2D eigenvalue weighted by Crippen LogP contribution is 2.33. The number of benzodiazepines with no additional fused rings is 1. The SMILES string of the molecule is CCOC(=O)CN1C(=O)[C@H]([C@@H](C)CC)N=C(c2ccccc2)c2cc(OC)ccc21. The first-order chi connectivity index (χ1) is 14.5. The second kappa shape index (κ2) is 9.57. The Hall–Kier alpha value is -3.15. The lowest BCUT2D eigenvalue weighted by Crippen LogP contribution is -2.43. The largest absolute Gasteiger partial charge is 0.497 e. The van der Waals surface area contributed by atoms with Gasteiger partial charge in [-0.05, 0) is 31.0 Å². The van der Waals surface area contributed by atoms with Gasteiger partial charge in [0.05, 0.1) is 25.1 Å². The zero-order valence-electron chi connectivity index (χ0n) is 17.9. The number of aliphatic imine (C=N–C) groups is 1. The van der Waals surface area contributed by atoms with E-state index in [0.717, 1.165) is 23.3 Å². The van der Waals surface area contributed by atoms with Crippen LogP contribution in [0.25, 0.3) is 0 Å². The summed E-state index contributed by atoms with van der Waals surface area (Å²) < 4.78 is 10.6. The molecule has 0 aliphatic carbocycles. The molecule has 1 amide bonds. The van der Waals surface area contributed by atoms with Crippen molar-refractivity contribution in [3.8, 4) is 5.75 Å². The Labute approximate surface area is 177 Å². The quantitative estimate of drug-likeness (QED) is 0.653. The van der Waals surface area contributed by atoms with Gasteiger partial charge in [-0.25, -0.2) is 0 Å². The van der Waals surface area contributed by atoms with Gasteiger partial charge in [0.1, 0.15) is 18.3 Å². The van der Waals surface area contributed by atoms with Crippen LogP contribution in [0.4, 0.5) is 5.69 Å². The topological polar surface area (TPSA) is 68.2 Å². The van der Waals surface area contributed by atoms with Crippen LogP contribution < -0.4 is 9.64 Å². The number of nitrogens with zero attached hydrogens (tertiary/aromatic N) is 2. The number of anilines is 1. The van der Waals surface area contributed by atoms with E-state index in [9.17, 15) is 9.59 Å². The number of ether oxygens (including phenoxy) is 2. The summed E-state index contributed by atoms with van der Waals surface area (Å²) in [5, 5.41) is 0. The van der Waals surface area contributed by atoms with Crippen molar-refractivity contribution in [2.45, 2.75) is 33.2 Å². The van der Waals surface area contributed by atoms with Crippen molar-refractivity contribution in [2.24, 2.45) is 10.9 Å². The summed E-state index contributed by atoms with van der Waals surface area (Å²) in [6.07, 6.45) is 0.787. The van der Waals surface area contributed by atoms with E-state index in [1.54, 1.807) is 20.1 Å². The molecular weight excluding hydrogens is 380 g/mol. The van der Waals surface area contributed by atoms with Crippen LogP contribution in [-0.2, 0) is 14.3 Å². The summed E-state index contributed by atoms with van der Waals surface area (Å²) >= 11 is 0. The molecule has 1 aliphatic heterocycles. The van der Waals surface area contributed by atoms with Gasteiger partial charge in [-0.2, -0.15) is 0 Å². The van der Waals surface area contributed by atoms with Crippen molar-refractivity contribution in [1.82, 2.24) is 0 Å². The van der Waals surface area contributed by atoms with E-state index in [-0.39, 0.29) is 25.0 Å². The Morgan fingerprint density at radius 2 is 1.90 bits per heavy atom. The van der Waals surface area contributed by atoms with Gasteiger partial charge in [0, 0.05) is 11.1 Å². The Morgan fingerprint density at radius 3 is 2.53 bits per heavy atom. The molecule has 3 rings (SSSR count). The minimum Gasteiger partial charge on any atom is -0.497 e. The van der Waals surface area contributed by atoms with Crippen molar-refractivity contribution in [2.75, 3.05) is 25.2 Å². The number of carbonyl (C=O) groups is 2. The van der Waals surface area contributed by atoms with Crippen molar-refractivity contribution < 1.29 is 19.1 Å². The van der Waals surface area contributed by atoms with Crippen LogP contribution >= 0.6 is 0 Å². The molecule has 0 saturated carbocycles. The van der Waals surface area contributed by atoms with Gasteiger partial charge < -0.3 is 9.47 Å². The fourth-order valence-corrected chi connectivity index (χ4v) is 3.53. The molecule has 6 nitrogen and oxygen atoms in total. The predicted molar refractivity (Wildman–Crippen MR) is 117 cm³/mol. The molecule has 1 heterocycles. The standard InChI is InChI=1S/C24H28N2O4/c1-5-16(3)22-24(28)26(15-21(27)30-6-2)20-13-12-18(29-4)14-19(20)23(25-22)17-10-8-7-9-11-17/h7-14,16,22H,5-6,15H2,1-4H3/t16-,22-/m0/s1. The Bertz CT molecular complexity index is 939. The van der Waals surface area contributed by atoms with E-state index in [0.29, 0.717) is 11.4 Å². The minimum absolute atomic E-state index is 0.0112. The monoisotopic (exact) mass is 408 g/mol. The van der Waals surface area contributed by atoms with E-state index < -0.39 is 12.0 Å². The molecule has 0 spiro atoms. The predicted octanol–water partition coefficient (Wildman–Crippen LogP) is 3.86. The Morgan fingerprint density at radius 1 is 1.17 bits per heavy atom. The maximum absolute atomic E-state index is 13.6. The molecule has 1 aliphatic rings. The molecule has 0 saturated heterocycles. The maximum atomic E-state index is 13.6. The number of benzene rings is 2. The van der Waals surface area contributed by atoms with Gasteiger partial charge >= 0.3 is 5.97 Å². The van der Waals surface area contributed by atoms with Crippen molar-refractivity contribution in [3.05, 3.63) is 59.7 Å². The van der Waals surface area contributed by atoms with Crippen molar-refractivity contribution >= 4 is 23.3 Å². The maximum Gasteiger partial charge on any atom is 0.326 e. The zero-order valence-corrected chi connectivity index (χ0v) is 17.9. The van der Waals surface area contributed by atoms with E-state index >= 15 is 0 Å². The van der Waals surface area contributed by atoms with Crippen molar-refractivity contribution in [1.29, 1.82) is 0 Å². The summed E-state index contributed by atoms with van der Waals surface area (Å²) in [7, 11) is 1.60. The number of rotatable bonds is 7. The molecule has 0 bridgehead atoms. The lowest BCUT2D eigenvalue weighted by atomic mass is 9.98. The summed E-state index contributed by atoms with van der Waals surface area (Å²) in [6, 6.07) is 14.6. The average molecular weight is 408 g/mol. The van der Waals surface area contributed by atoms with Gasteiger partial charge in [0.25, 0.3) is 5.91 Å². The highest BCUT2D eigenvalue weighted by Gasteiger charge is 2.36. The average Bonchev–Trinajstić information content (AvgIpc) is 2.88. The molecule has 2 aromatic rings. The number of carbonyl (C=O) groups excluding carboxylic acids is 2. The minimum atomic E-state index is -0.599. The number of methoxy groups -OCH3 is 1. The van der Waals surface area contributed by atoms with Gasteiger partial charge in [-0.3, -0.25) is 19.5 Å². The van der Waals surface area contributed by atoms with E-state index in [1.165, 1.54) is 4.90 Å². The second-order valence-electron chi connectivity index (χ2n) is 7.29. The van der Waals surface area contributed by atoms with Gasteiger partial charge in [-0.15, -0.1) is 0 Å². The van der Waals surface area contributed by atoms with Gasteiger partial charge in [0.15, 0.2) is 0 Å². The van der Waals surface area contributed by atoms with Crippen LogP contribution in [0.2, 0.25) is 0 Å². The molecule has 0 N–H and O–H groups in total. The zero-order chi connectivity index (χ0) is 21.7. The molecule has 0 aromatic heterocycles. The first kappa shape index (κ1) is 21.6. The molecule has 30 heavy (non-hydrogen) atoms. The number of amides is 1. The number of fused-ring (bicyclic) bond motifs is 1. The molecule has 0 unspecified atom stereocenters. The smallest absolute Gasteiger partial charge is 0.326 e. The fraction of sp³-hybridized carbons (Fsp3) is 0.375. The summed E-state index contributed by atoms with van der Waals surface area (Å²) in [6.45, 7) is 5.90. The number of hydrogen-bond donors (Lipinski definition) is 0. The molecule has 0 fully saturated rings. The third-order valence-corrected chi connectivity index (χ3v) is 5.36. The number of hydrogen-bond acceptors (Lipinski definition) is 5. The fourth-order valence-electron chi connectivity index (χ4n) is 3.53. The lowest BCUT2D eigenvalue weighted by Gasteiger charge is -2.26. The van der Waals surface area contributed by atoms with Crippen LogP contribution in [0.15, 0.2) is 53.5 Å². The summed E-state index contributed by atoms with van der Waals surface area (Å²) in [4.78, 5) is 32.3. The molecule has 2 aromatic carbocycles. The van der Waals surface area contributed by atoms with E-state index in [4.69, 9.17) is 14.5 Å². The summed E-state index contributed by atoms with van der Waals surface area (Å²) in [5.74, 6) is 0.0217. The first-order valence-corrected chi connectivity index (χ1v) is 10.3. The van der Waals surface area contributed by atoms with Crippen LogP contribution in [0.1, 0.15) is 38.3 Å². The number of esters is 1. The third kappa shape index (κ3) is 4.37. The molecular formula is C24H28N2O4. The summed E-state index contributed by atoms with van der Waals surface area (Å²) in [5.41, 5.74) is 3.01. The first-order valence-electron chi connectivity index (χ1n) is 10.3. The van der Waals surface area contributed by atoms with Gasteiger partial charge in [-0.1, -0.05) is 50.6 Å². The Balaban J connectivity index is 2.23. The van der Waals surface area contributed by atoms with Crippen LogP contribution in [0, 0.1) is 5.92 Å². The molecule has 0 radical (unpaired) electrons. The highest BCUT2D eigenvalue weighted by molar-refractivity contribution is 6.20. The normalized spacial score (nSPS) is 16.9. The highest BCUT2D eigenvalue weighted by atomic mass is 16.5. The second-order valence-corrected chi connectivity index (χ2v) is 7.29. The van der Waals surface area contributed by atoms with Crippen LogP contribution in [0.3, 0.4) is 0 Å². The molecule has 2 atom stereocenters. The Kier molecular flexibility index (Phi) is 6.87. The van der Waals surface area contributed by atoms with Crippen molar-refractivity contribution in [3.63, 3.8) is 0 Å². The lowest BCUT2D eigenvalue weighted by molar-refractivity contribution is -0.142. The van der Waals surface area contributed by atoms with Crippen LogP contribution in [-0.4, -0.2) is 43.9 Å². The van der Waals surface area contributed by atoms with Crippen LogP contribution in [0.5, 0.6) is 5.75 Å². The van der Waals surface area contributed by atoms with E-state index in [2.05, 4.69) is 0 Å². The van der Waals surface area contributed by atoms with Gasteiger partial charge in [0.2, 0.25) is 0 Å². The molecule has 6 heteroatoms. The molecule has 158 valence electrons. The van der Waals surface area contributed by atoms with E-state index in [1.807, 2.05) is 56.3 Å². The third-order valence-electron chi connectivity index (χ3n) is 5.36.